The Hall–Kier alpha value is -1.28. The maximum Gasteiger partial charge on any atom is 0.134 e. The zero-order valence-electron chi connectivity index (χ0n) is 10.3. The van der Waals surface area contributed by atoms with Gasteiger partial charge in [-0.2, -0.15) is 0 Å². The van der Waals surface area contributed by atoms with Gasteiger partial charge in [0.25, 0.3) is 0 Å². The number of fused-ring (bicyclic) bond motifs is 1. The molecule has 2 heterocycles. The molecule has 90 valence electrons. The summed E-state index contributed by atoms with van der Waals surface area (Å²) in [6.07, 6.45) is 5.66. The average molecular weight is 229 g/mol. The second kappa shape index (κ2) is 4.53. The molecule has 1 aliphatic heterocycles. The van der Waals surface area contributed by atoms with Crippen LogP contribution in [-0.2, 0) is 6.42 Å². The summed E-state index contributed by atoms with van der Waals surface area (Å²) in [6.45, 7) is 4.48. The molecule has 1 N–H and O–H groups in total. The Morgan fingerprint density at radius 2 is 2.12 bits per heavy atom. The lowest BCUT2D eigenvalue weighted by molar-refractivity contribution is 0.373. The predicted molar refractivity (Wildman–Crippen MR) is 70.2 cm³/mol. The predicted octanol–water partition coefficient (Wildman–Crippen LogP) is 3.28. The van der Waals surface area contributed by atoms with Crippen molar-refractivity contribution < 1.29 is 4.42 Å². The highest BCUT2D eigenvalue weighted by Crippen LogP contribution is 2.28. The zero-order chi connectivity index (χ0) is 11.7. The van der Waals surface area contributed by atoms with E-state index in [9.17, 15) is 0 Å². The first kappa shape index (κ1) is 10.8. The van der Waals surface area contributed by atoms with Crippen LogP contribution in [0.1, 0.15) is 24.0 Å². The highest BCUT2D eigenvalue weighted by atomic mass is 16.3. The molecule has 0 unspecified atom stereocenters. The quantitative estimate of drug-likeness (QED) is 0.855. The number of hydrogen-bond acceptors (Lipinski definition) is 2. The van der Waals surface area contributed by atoms with Crippen molar-refractivity contribution in [1.29, 1.82) is 0 Å². The van der Waals surface area contributed by atoms with E-state index >= 15 is 0 Å². The molecule has 0 atom stereocenters. The lowest BCUT2D eigenvalue weighted by atomic mass is 9.89. The normalized spacial score (nSPS) is 17.7. The minimum atomic E-state index is 0.830. The van der Waals surface area contributed by atoms with Crippen LogP contribution in [0.15, 0.2) is 28.9 Å². The number of aryl methyl sites for hydroxylation is 1. The molecule has 0 aliphatic carbocycles. The summed E-state index contributed by atoms with van der Waals surface area (Å²) in [5.41, 5.74) is 3.76. The maximum absolute atomic E-state index is 5.57. The molecule has 0 spiro atoms. The van der Waals surface area contributed by atoms with Gasteiger partial charge in [-0.05, 0) is 62.4 Å². The van der Waals surface area contributed by atoms with Crippen LogP contribution in [0.5, 0.6) is 0 Å². The van der Waals surface area contributed by atoms with E-state index in [1.54, 1.807) is 0 Å². The van der Waals surface area contributed by atoms with Crippen molar-refractivity contribution in [3.8, 4) is 0 Å². The topological polar surface area (TPSA) is 25.2 Å². The van der Waals surface area contributed by atoms with E-state index in [1.165, 1.54) is 48.9 Å². The molecule has 0 amide bonds. The van der Waals surface area contributed by atoms with Crippen molar-refractivity contribution in [2.75, 3.05) is 13.1 Å². The minimum Gasteiger partial charge on any atom is -0.464 e. The molecule has 2 nitrogen and oxygen atoms in total. The second-order valence-corrected chi connectivity index (χ2v) is 5.11. The lowest BCUT2D eigenvalue weighted by Gasteiger charge is -2.22. The molecule has 1 fully saturated rings. The van der Waals surface area contributed by atoms with Crippen molar-refractivity contribution in [2.45, 2.75) is 26.2 Å². The van der Waals surface area contributed by atoms with Crippen molar-refractivity contribution >= 4 is 11.0 Å². The molecular formula is C15H19NO. The summed E-state index contributed by atoms with van der Waals surface area (Å²) in [5, 5.41) is 4.76. The first-order chi connectivity index (χ1) is 8.34. The van der Waals surface area contributed by atoms with Crippen LogP contribution in [0.2, 0.25) is 0 Å². The molecule has 17 heavy (non-hydrogen) atoms. The number of nitrogens with one attached hydrogen (secondary N) is 1. The lowest BCUT2D eigenvalue weighted by Crippen LogP contribution is -2.28. The van der Waals surface area contributed by atoms with Crippen LogP contribution < -0.4 is 5.32 Å². The largest absolute Gasteiger partial charge is 0.464 e. The van der Waals surface area contributed by atoms with Gasteiger partial charge >= 0.3 is 0 Å². The third kappa shape index (κ3) is 2.09. The van der Waals surface area contributed by atoms with E-state index in [2.05, 4.69) is 30.4 Å². The first-order valence-electron chi connectivity index (χ1n) is 6.51. The first-order valence-corrected chi connectivity index (χ1v) is 6.51. The average Bonchev–Trinajstić information content (AvgIpc) is 2.74. The third-order valence-electron chi connectivity index (χ3n) is 3.84. The highest BCUT2D eigenvalue weighted by Gasteiger charge is 2.16. The van der Waals surface area contributed by atoms with Crippen molar-refractivity contribution in [2.24, 2.45) is 5.92 Å². The van der Waals surface area contributed by atoms with Crippen LogP contribution >= 0.6 is 0 Å². The monoisotopic (exact) mass is 229 g/mol. The van der Waals surface area contributed by atoms with Crippen LogP contribution in [0, 0.1) is 12.8 Å². The van der Waals surface area contributed by atoms with Gasteiger partial charge in [-0.1, -0.05) is 12.1 Å². The standard InChI is InChI=1S/C15H19NO/c1-11-10-17-14-4-2-3-13(15(11)14)9-12-5-7-16-8-6-12/h2-4,10,12,16H,5-9H2,1H3. The van der Waals surface area contributed by atoms with E-state index in [0.29, 0.717) is 0 Å². The van der Waals surface area contributed by atoms with Crippen LogP contribution in [0.25, 0.3) is 11.0 Å². The van der Waals surface area contributed by atoms with Gasteiger partial charge < -0.3 is 9.73 Å². The SMILES string of the molecule is Cc1coc2cccc(CC3CCNCC3)c12. The molecule has 1 saturated heterocycles. The second-order valence-electron chi connectivity index (χ2n) is 5.11. The third-order valence-corrected chi connectivity index (χ3v) is 3.84. The summed E-state index contributed by atoms with van der Waals surface area (Å²) in [6, 6.07) is 6.43. The fourth-order valence-corrected chi connectivity index (χ4v) is 2.90. The van der Waals surface area contributed by atoms with Crippen LogP contribution in [0.3, 0.4) is 0 Å². The van der Waals surface area contributed by atoms with Crippen molar-refractivity contribution in [1.82, 2.24) is 5.32 Å². The number of hydrogen-bond donors (Lipinski definition) is 1. The smallest absolute Gasteiger partial charge is 0.134 e. The van der Waals surface area contributed by atoms with Gasteiger partial charge in [0.15, 0.2) is 0 Å². The highest BCUT2D eigenvalue weighted by molar-refractivity contribution is 5.84. The van der Waals surface area contributed by atoms with Gasteiger partial charge in [0, 0.05) is 5.39 Å². The van der Waals surface area contributed by atoms with Crippen molar-refractivity contribution in [3.63, 3.8) is 0 Å². The van der Waals surface area contributed by atoms with Gasteiger partial charge in [0.1, 0.15) is 5.58 Å². The molecule has 2 aromatic rings. The Morgan fingerprint density at radius 1 is 1.29 bits per heavy atom. The molecule has 0 radical (unpaired) electrons. The molecule has 1 aromatic carbocycles. The molecule has 1 aromatic heterocycles. The number of rotatable bonds is 2. The fraction of sp³-hybridized carbons (Fsp3) is 0.467. The van der Waals surface area contributed by atoms with Gasteiger partial charge in [-0.15, -0.1) is 0 Å². The molecule has 2 heteroatoms. The summed E-state index contributed by atoms with van der Waals surface area (Å²) < 4.78 is 5.57. The van der Waals surface area contributed by atoms with E-state index < -0.39 is 0 Å². The molecule has 0 saturated carbocycles. The summed E-state index contributed by atoms with van der Waals surface area (Å²) in [4.78, 5) is 0. The number of furan rings is 1. The van der Waals surface area contributed by atoms with Gasteiger partial charge in [-0.3, -0.25) is 0 Å². The van der Waals surface area contributed by atoms with Crippen LogP contribution in [0.4, 0.5) is 0 Å². The Labute approximate surface area is 102 Å². The summed E-state index contributed by atoms with van der Waals surface area (Å²) >= 11 is 0. The Bertz CT molecular complexity index is 509. The number of piperidine rings is 1. The van der Waals surface area contributed by atoms with Crippen molar-refractivity contribution in [3.05, 3.63) is 35.6 Å². The Morgan fingerprint density at radius 3 is 2.94 bits per heavy atom. The Kier molecular flexibility index (Phi) is 2.89. The minimum absolute atomic E-state index is 0.830. The van der Waals surface area contributed by atoms with E-state index in [1.807, 2.05) is 6.26 Å². The molecule has 1 aliphatic rings. The van der Waals surface area contributed by atoms with Gasteiger partial charge in [-0.25, -0.2) is 0 Å². The van der Waals surface area contributed by atoms with E-state index in [4.69, 9.17) is 4.42 Å². The molecule has 3 rings (SSSR count). The van der Waals surface area contributed by atoms with Crippen LogP contribution in [-0.4, -0.2) is 13.1 Å². The number of benzene rings is 1. The fourth-order valence-electron chi connectivity index (χ4n) is 2.90. The zero-order valence-corrected chi connectivity index (χ0v) is 10.3. The molecule has 0 bridgehead atoms. The Balaban J connectivity index is 1.91. The van der Waals surface area contributed by atoms with Gasteiger partial charge in [0.2, 0.25) is 0 Å². The maximum atomic E-state index is 5.57. The van der Waals surface area contributed by atoms with E-state index in [0.717, 1.165) is 11.5 Å². The van der Waals surface area contributed by atoms with E-state index in [-0.39, 0.29) is 0 Å². The van der Waals surface area contributed by atoms with Gasteiger partial charge in [0.05, 0.1) is 6.26 Å². The molecular weight excluding hydrogens is 210 g/mol. The summed E-state index contributed by atoms with van der Waals surface area (Å²) in [5.74, 6) is 0.830. The summed E-state index contributed by atoms with van der Waals surface area (Å²) in [7, 11) is 0.